The number of nitrogens with one attached hydrogen (secondary N) is 3. The second-order valence-electron chi connectivity index (χ2n) is 21.6. The third-order valence-electron chi connectivity index (χ3n) is 15.5. The molecule has 486 valence electrons. The maximum Gasteiger partial charge on any atom is 0.416 e. The number of H-pyrrole nitrogens is 3. The van der Waals surface area contributed by atoms with Crippen molar-refractivity contribution in [3.63, 3.8) is 0 Å². The predicted molar refractivity (Wildman–Crippen MR) is 375 cm³/mol. The van der Waals surface area contributed by atoms with Gasteiger partial charge in [0, 0.05) is 60.7 Å². The number of methoxy groups -OCH3 is 2. The van der Waals surface area contributed by atoms with Crippen LogP contribution in [0.4, 0.5) is 22.0 Å². The molecule has 0 unspecified atom stereocenters. The van der Waals surface area contributed by atoms with E-state index in [4.69, 9.17) is 14.7 Å². The molecule has 12 rings (SSSR count). The lowest BCUT2D eigenvalue weighted by Crippen LogP contribution is -2.13. The second-order valence-corrected chi connectivity index (χ2v) is 25.5. The average Bonchev–Trinajstić information content (AvgIpc) is 0.796. The zero-order valence-corrected chi connectivity index (χ0v) is 56.1. The fourth-order valence-electron chi connectivity index (χ4n) is 10.2. The molecule has 97 heavy (non-hydrogen) atoms. The highest BCUT2D eigenvalue weighted by Gasteiger charge is 2.31. The minimum absolute atomic E-state index is 0.0141. The quantitative estimate of drug-likeness (QED) is 0.0680. The first-order valence-corrected chi connectivity index (χ1v) is 33.5. The Labute approximate surface area is 571 Å². The predicted octanol–water partition coefficient (Wildman–Crippen LogP) is 18.0. The Morgan fingerprint density at radius 1 is 0.443 bits per heavy atom. The van der Waals surface area contributed by atoms with Crippen molar-refractivity contribution in [2.24, 2.45) is 0 Å². The van der Waals surface area contributed by atoms with Gasteiger partial charge in [0.05, 0.1) is 51.5 Å². The number of pyridine rings is 4. The van der Waals surface area contributed by atoms with Gasteiger partial charge in [-0.3, -0.25) is 14.4 Å². The van der Waals surface area contributed by atoms with Gasteiger partial charge in [-0.15, -0.1) is 47.0 Å². The van der Waals surface area contributed by atoms with Crippen LogP contribution in [0.5, 0.6) is 11.5 Å². The number of aromatic nitrogens is 4. The lowest BCUT2D eigenvalue weighted by atomic mass is 10.1. The van der Waals surface area contributed by atoms with E-state index < -0.39 is 28.7 Å². The molecule has 8 aromatic carbocycles. The van der Waals surface area contributed by atoms with Crippen LogP contribution >= 0.6 is 47.0 Å². The van der Waals surface area contributed by atoms with Crippen molar-refractivity contribution >= 4 is 90.1 Å². The topological polar surface area (TPSA) is 225 Å². The van der Waals surface area contributed by atoms with E-state index in [2.05, 4.69) is 45.1 Å². The van der Waals surface area contributed by atoms with Crippen LogP contribution in [0.1, 0.15) is 72.5 Å². The molecule has 0 bridgehead atoms. The molecule has 0 aliphatic heterocycles. The zero-order chi connectivity index (χ0) is 69.5. The fraction of sp³-hybridized carbons (Fsp3) is 0.147. The Morgan fingerprint density at radius 3 is 1.34 bits per heavy atom. The lowest BCUT2D eigenvalue weighted by molar-refractivity contribution is -0.137. The number of nitriles is 4. The number of hydrogen-bond donors (Lipinski definition) is 3. The second kappa shape index (κ2) is 32.2. The molecule has 0 atom stereocenters. The maximum atomic E-state index is 13.7. The molecule has 0 spiro atoms. The Morgan fingerprint density at radius 2 is 0.876 bits per heavy atom. The normalized spacial score (nSPS) is 10.8. The molecule has 0 radical (unpaired) electrons. The molecule has 12 aromatic rings. The largest absolute Gasteiger partial charge is 0.497 e. The van der Waals surface area contributed by atoms with Crippen LogP contribution in [-0.2, 0) is 29.2 Å². The summed E-state index contributed by atoms with van der Waals surface area (Å²) in [5, 5.41) is 43.6. The van der Waals surface area contributed by atoms with Crippen LogP contribution in [-0.4, -0.2) is 34.2 Å². The van der Waals surface area contributed by atoms with Crippen molar-refractivity contribution < 1.29 is 31.4 Å². The first-order chi connectivity index (χ1) is 46.7. The smallest absolute Gasteiger partial charge is 0.416 e. The number of aromatic amines is 3. The molecular weight excluding hydrogens is 1320 g/mol. The fourth-order valence-corrected chi connectivity index (χ4v) is 14.6. The molecule has 4 heterocycles. The molecule has 3 N–H and O–H groups in total. The molecule has 0 aliphatic carbocycles. The number of alkyl halides is 3. The third kappa shape index (κ3) is 16.9. The van der Waals surface area contributed by atoms with Crippen LogP contribution in [0.2, 0.25) is 0 Å². The summed E-state index contributed by atoms with van der Waals surface area (Å²) in [6, 6.07) is 56.4. The summed E-state index contributed by atoms with van der Waals surface area (Å²) in [4.78, 5) is 49.0. The number of halogens is 5. The SMILES string of the molecule is COc1ccc(CSc2nc(C)c(C#N)c3ccc(F)cc23)cc1.COc1cccc2c(C#N)c(=O)[nH]c(SCc3ccccc3C)c12.Cc1ccccc1CSc1[nH]c(=O)c(C#N)c2ccc(C(F)(F)F)cc12.Cc1ccccc1CSc1[nH]c(=O)c(C#N)c2ccc(F)cc12. The summed E-state index contributed by atoms with van der Waals surface area (Å²) in [6.07, 6.45) is -4.50. The van der Waals surface area contributed by atoms with E-state index in [0.29, 0.717) is 65.9 Å². The lowest BCUT2D eigenvalue weighted by Gasteiger charge is -2.12. The highest BCUT2D eigenvalue weighted by Crippen LogP contribution is 2.39. The molecule has 0 amide bonds. The maximum absolute atomic E-state index is 13.7. The highest BCUT2D eigenvalue weighted by atomic mass is 32.2. The van der Waals surface area contributed by atoms with Gasteiger partial charge in [-0.2, -0.15) is 34.2 Å². The molecule has 0 fully saturated rings. The van der Waals surface area contributed by atoms with Crippen molar-refractivity contribution in [1.82, 2.24) is 19.9 Å². The first kappa shape index (κ1) is 70.7. The molecular formula is C75H57F5N8O5S4. The van der Waals surface area contributed by atoms with Gasteiger partial charge in [0.2, 0.25) is 0 Å². The van der Waals surface area contributed by atoms with Crippen LogP contribution < -0.4 is 26.2 Å². The van der Waals surface area contributed by atoms with Crippen molar-refractivity contribution in [2.75, 3.05) is 14.2 Å². The number of hydrogen-bond acceptors (Lipinski definition) is 14. The monoisotopic (exact) mass is 1370 g/mol. The molecule has 0 aliphatic rings. The van der Waals surface area contributed by atoms with Crippen LogP contribution in [0.25, 0.3) is 43.1 Å². The van der Waals surface area contributed by atoms with Gasteiger partial charge in [-0.25, -0.2) is 13.8 Å². The van der Waals surface area contributed by atoms with Gasteiger partial charge >= 0.3 is 6.18 Å². The van der Waals surface area contributed by atoms with Crippen LogP contribution in [0, 0.1) is 84.7 Å². The number of ether oxygens (including phenoxy) is 2. The van der Waals surface area contributed by atoms with Crippen molar-refractivity contribution in [2.45, 2.75) is 77.0 Å². The van der Waals surface area contributed by atoms with Crippen LogP contribution in [0.3, 0.4) is 0 Å². The Hall–Kier alpha value is -10.6. The summed E-state index contributed by atoms with van der Waals surface area (Å²) in [6.45, 7) is 7.83. The number of nitrogens with zero attached hydrogens (tertiary/aromatic N) is 5. The molecule has 13 nitrogen and oxygen atoms in total. The van der Waals surface area contributed by atoms with Crippen LogP contribution in [0.15, 0.2) is 204 Å². The molecule has 0 saturated carbocycles. The van der Waals surface area contributed by atoms with Gasteiger partial charge in [-0.1, -0.05) is 103 Å². The van der Waals surface area contributed by atoms with Gasteiger partial charge in [0.1, 0.15) is 69.1 Å². The minimum Gasteiger partial charge on any atom is -0.497 e. The first-order valence-electron chi connectivity index (χ1n) is 29.5. The van der Waals surface area contributed by atoms with E-state index in [9.17, 15) is 52.1 Å². The average molecular weight is 1370 g/mol. The third-order valence-corrected chi connectivity index (χ3v) is 19.7. The van der Waals surface area contributed by atoms with Crippen molar-refractivity contribution in [1.29, 1.82) is 21.0 Å². The van der Waals surface area contributed by atoms with E-state index in [1.165, 1.54) is 94.6 Å². The summed E-state index contributed by atoms with van der Waals surface area (Å²) in [7, 11) is 3.22. The van der Waals surface area contributed by atoms with Gasteiger partial charge in [0.15, 0.2) is 0 Å². The molecule has 0 saturated heterocycles. The Kier molecular flexibility index (Phi) is 23.5. The Bertz CT molecular complexity index is 5330. The zero-order valence-electron chi connectivity index (χ0n) is 52.8. The van der Waals surface area contributed by atoms with E-state index in [1.807, 2.05) is 117 Å². The van der Waals surface area contributed by atoms with E-state index in [0.717, 1.165) is 72.3 Å². The summed E-state index contributed by atoms with van der Waals surface area (Å²) >= 11 is 5.73. The summed E-state index contributed by atoms with van der Waals surface area (Å²) < 4.78 is 77.1. The number of thioether (sulfide) groups is 4. The number of aryl methyl sites for hydroxylation is 4. The number of fused-ring (bicyclic) bond motifs is 4. The molecule has 4 aromatic heterocycles. The van der Waals surface area contributed by atoms with E-state index >= 15 is 0 Å². The standard InChI is InChI=1S/C19H13F3N2OS.C19H15FN2OS.C19H16N2O2S.C18H13FN2OS/c1-11-4-2-3-5-12(11)10-26-18-15-8-13(19(20,21)22)6-7-14(15)16(9-23)17(25)24-18;1-12-18(10-21)16-8-5-14(20)9-17(16)19(22-12)24-11-13-3-6-15(23-2)7-4-13;1-12-6-3-4-7-13(12)11-24-19-17-14(8-5-9-16(17)23-2)15(10-20)18(22)21-19;1-11-4-2-3-5-12(11)10-23-18-15-8-13(19)6-7-14(15)16(9-20)17(22)21-18/h2-8H,10H2,1H3,(H,24,25);3-9H,11H2,1-2H3;3-9H,11H2,1-2H3,(H,21,22);2-8H,10H2,1H3,(H,21,22). The highest BCUT2D eigenvalue weighted by molar-refractivity contribution is 7.99. The Balaban J connectivity index is 0.000000152. The summed E-state index contributed by atoms with van der Waals surface area (Å²) in [5.41, 5.74) is 6.76. The van der Waals surface area contributed by atoms with Gasteiger partial charge in [0.25, 0.3) is 16.7 Å². The molecule has 22 heteroatoms. The van der Waals surface area contributed by atoms with Crippen molar-refractivity contribution in [3.8, 4) is 35.8 Å². The van der Waals surface area contributed by atoms with Gasteiger partial charge < -0.3 is 24.4 Å². The van der Waals surface area contributed by atoms with E-state index in [1.54, 1.807) is 45.4 Å². The van der Waals surface area contributed by atoms with Crippen molar-refractivity contribution in [3.05, 3.63) is 285 Å². The summed E-state index contributed by atoms with van der Waals surface area (Å²) in [5.74, 6) is 3.29. The number of rotatable bonds is 14. The van der Waals surface area contributed by atoms with Gasteiger partial charge in [-0.05, 0) is 133 Å². The minimum atomic E-state index is -4.50. The van der Waals surface area contributed by atoms with E-state index in [-0.39, 0.29) is 38.8 Å². The number of benzene rings is 8.